The van der Waals surface area contributed by atoms with Crippen molar-refractivity contribution in [1.82, 2.24) is 0 Å². The highest BCUT2D eigenvalue weighted by Crippen LogP contribution is 2.50. The molecular weight excluding hydrogens is 207 g/mol. The number of benzene rings is 1. The molecule has 1 aromatic rings. The lowest BCUT2D eigenvalue weighted by atomic mass is 9.59. The van der Waals surface area contributed by atoms with E-state index >= 15 is 0 Å². The predicted molar refractivity (Wildman–Crippen MR) is 59.1 cm³/mol. The topological polar surface area (TPSA) is 26.3 Å². The summed E-state index contributed by atoms with van der Waals surface area (Å²) in [6.45, 7) is 3.73. The molecule has 1 fully saturated rings. The Morgan fingerprint density at radius 3 is 2.62 bits per heavy atom. The Morgan fingerprint density at radius 2 is 2.12 bits per heavy atom. The molecule has 1 atom stereocenters. The van der Waals surface area contributed by atoms with Crippen molar-refractivity contribution in [3.63, 3.8) is 0 Å². The van der Waals surface area contributed by atoms with Crippen LogP contribution in [0.15, 0.2) is 18.2 Å². The fourth-order valence-electron chi connectivity index (χ4n) is 2.18. The third-order valence-corrected chi connectivity index (χ3v) is 3.56. The Kier molecular flexibility index (Phi) is 2.49. The largest absolute Gasteiger partial charge is 0.497 e. The third-order valence-electron chi connectivity index (χ3n) is 3.56. The quantitative estimate of drug-likeness (QED) is 0.769. The van der Waals surface area contributed by atoms with Gasteiger partial charge in [-0.3, -0.25) is 4.79 Å². The molecule has 0 N–H and O–H groups in total. The molecule has 0 spiro atoms. The van der Waals surface area contributed by atoms with Crippen LogP contribution in [0.25, 0.3) is 0 Å². The molecule has 86 valence electrons. The van der Waals surface area contributed by atoms with Crippen LogP contribution >= 0.6 is 0 Å². The van der Waals surface area contributed by atoms with Gasteiger partial charge >= 0.3 is 0 Å². The first kappa shape index (κ1) is 11.1. The van der Waals surface area contributed by atoms with Crippen LogP contribution in [0, 0.1) is 11.2 Å². The van der Waals surface area contributed by atoms with Crippen LogP contribution in [0.4, 0.5) is 4.39 Å². The van der Waals surface area contributed by atoms with Crippen molar-refractivity contribution < 1.29 is 13.9 Å². The molecule has 0 amide bonds. The van der Waals surface area contributed by atoms with Gasteiger partial charge in [0.25, 0.3) is 0 Å². The minimum absolute atomic E-state index is 0.0323. The molecule has 0 heterocycles. The van der Waals surface area contributed by atoms with E-state index in [0.29, 0.717) is 17.7 Å². The van der Waals surface area contributed by atoms with Gasteiger partial charge in [-0.2, -0.15) is 0 Å². The Morgan fingerprint density at radius 1 is 1.44 bits per heavy atom. The van der Waals surface area contributed by atoms with Gasteiger partial charge in [0.1, 0.15) is 17.3 Å². The van der Waals surface area contributed by atoms with Gasteiger partial charge in [0, 0.05) is 17.8 Å². The first-order valence-corrected chi connectivity index (χ1v) is 5.33. The normalized spacial score (nSPS) is 22.8. The van der Waals surface area contributed by atoms with Crippen LogP contribution in [0.5, 0.6) is 5.75 Å². The van der Waals surface area contributed by atoms with E-state index < -0.39 is 5.41 Å². The molecule has 1 aliphatic carbocycles. The zero-order chi connectivity index (χ0) is 11.9. The zero-order valence-corrected chi connectivity index (χ0v) is 9.71. The monoisotopic (exact) mass is 222 g/mol. The van der Waals surface area contributed by atoms with Gasteiger partial charge < -0.3 is 4.74 Å². The maximum absolute atomic E-state index is 13.7. The number of methoxy groups -OCH3 is 1. The van der Waals surface area contributed by atoms with Crippen LogP contribution < -0.4 is 4.74 Å². The Bertz CT molecular complexity index is 438. The Hall–Kier alpha value is -1.38. The fourth-order valence-corrected chi connectivity index (χ4v) is 2.18. The predicted octanol–water partition coefficient (Wildman–Crippen LogP) is 2.92. The molecule has 1 saturated carbocycles. The first-order chi connectivity index (χ1) is 7.46. The van der Waals surface area contributed by atoms with Gasteiger partial charge in [-0.05, 0) is 23.8 Å². The highest BCUT2D eigenvalue weighted by atomic mass is 19.1. The van der Waals surface area contributed by atoms with Gasteiger partial charge in [0.15, 0.2) is 0 Å². The molecule has 16 heavy (non-hydrogen) atoms. The molecule has 1 aliphatic rings. The summed E-state index contributed by atoms with van der Waals surface area (Å²) in [5.74, 6) is 0.535. The lowest BCUT2D eigenvalue weighted by Crippen LogP contribution is -2.43. The zero-order valence-electron chi connectivity index (χ0n) is 9.71. The lowest BCUT2D eigenvalue weighted by Gasteiger charge is -2.43. The molecule has 0 aliphatic heterocycles. The van der Waals surface area contributed by atoms with Gasteiger partial charge in [0.05, 0.1) is 7.11 Å². The van der Waals surface area contributed by atoms with E-state index in [4.69, 9.17) is 4.74 Å². The number of ether oxygens (including phenoxy) is 1. The number of carbonyl (C=O) groups is 1. The van der Waals surface area contributed by atoms with Gasteiger partial charge in [-0.1, -0.05) is 13.8 Å². The Balaban J connectivity index is 2.38. The van der Waals surface area contributed by atoms with Crippen LogP contribution in [-0.2, 0) is 4.79 Å². The van der Waals surface area contributed by atoms with Crippen LogP contribution in [-0.4, -0.2) is 12.9 Å². The highest BCUT2D eigenvalue weighted by Gasteiger charge is 2.48. The van der Waals surface area contributed by atoms with Crippen molar-refractivity contribution in [2.75, 3.05) is 7.11 Å². The standard InChI is InChI=1S/C13H15FO2/c1-13(2)10(7-12(13)15)9-6-8(16-3)4-5-11(9)14/h4-6,10H,7H2,1-3H3. The minimum Gasteiger partial charge on any atom is -0.497 e. The lowest BCUT2D eigenvalue weighted by molar-refractivity contribution is -0.138. The summed E-state index contributed by atoms with van der Waals surface area (Å²) in [6, 6.07) is 4.67. The summed E-state index contributed by atoms with van der Waals surface area (Å²) >= 11 is 0. The number of ketones is 1. The highest BCUT2D eigenvalue weighted by molar-refractivity contribution is 5.92. The molecule has 0 bridgehead atoms. The number of carbonyl (C=O) groups excluding carboxylic acids is 1. The van der Waals surface area contributed by atoms with E-state index in [1.807, 2.05) is 13.8 Å². The second-order valence-corrected chi connectivity index (χ2v) is 4.79. The van der Waals surface area contributed by atoms with Gasteiger partial charge in [-0.25, -0.2) is 4.39 Å². The van der Waals surface area contributed by atoms with E-state index in [9.17, 15) is 9.18 Å². The van der Waals surface area contributed by atoms with Crippen molar-refractivity contribution in [3.8, 4) is 5.75 Å². The van der Waals surface area contributed by atoms with E-state index in [-0.39, 0.29) is 17.5 Å². The molecule has 0 radical (unpaired) electrons. The van der Waals surface area contributed by atoms with Crippen molar-refractivity contribution in [3.05, 3.63) is 29.6 Å². The minimum atomic E-state index is -0.451. The number of halogens is 1. The summed E-state index contributed by atoms with van der Waals surface area (Å²) in [6.07, 6.45) is 0.428. The summed E-state index contributed by atoms with van der Waals surface area (Å²) in [5, 5.41) is 0. The smallest absolute Gasteiger partial charge is 0.139 e. The number of hydrogen-bond acceptors (Lipinski definition) is 2. The summed E-state index contributed by atoms with van der Waals surface area (Å²) in [5.41, 5.74) is 0.136. The van der Waals surface area contributed by atoms with Gasteiger partial charge in [0.2, 0.25) is 0 Å². The van der Waals surface area contributed by atoms with E-state index in [1.54, 1.807) is 19.2 Å². The molecule has 3 heteroatoms. The summed E-state index contributed by atoms with van der Waals surface area (Å²) in [4.78, 5) is 11.4. The SMILES string of the molecule is COc1ccc(F)c(C2CC(=O)C2(C)C)c1. The second-order valence-electron chi connectivity index (χ2n) is 4.79. The maximum atomic E-state index is 13.7. The van der Waals surface area contributed by atoms with Crippen LogP contribution in [0.3, 0.4) is 0 Å². The molecule has 2 nitrogen and oxygen atoms in total. The number of hydrogen-bond donors (Lipinski definition) is 0. The summed E-state index contributed by atoms with van der Waals surface area (Å²) < 4.78 is 18.8. The van der Waals surface area contributed by atoms with Crippen LogP contribution in [0.1, 0.15) is 31.7 Å². The molecular formula is C13H15FO2. The molecule has 0 saturated heterocycles. The second kappa shape index (κ2) is 3.58. The fraction of sp³-hybridized carbons (Fsp3) is 0.462. The van der Waals surface area contributed by atoms with Crippen molar-refractivity contribution in [1.29, 1.82) is 0 Å². The van der Waals surface area contributed by atoms with Crippen LogP contribution in [0.2, 0.25) is 0 Å². The van der Waals surface area contributed by atoms with E-state index in [1.165, 1.54) is 6.07 Å². The molecule has 2 rings (SSSR count). The number of Topliss-reactive ketones (excluding diaryl/α,β-unsaturated/α-hetero) is 1. The number of rotatable bonds is 2. The molecule has 0 aromatic heterocycles. The molecule has 1 unspecified atom stereocenters. The van der Waals surface area contributed by atoms with E-state index in [2.05, 4.69) is 0 Å². The first-order valence-electron chi connectivity index (χ1n) is 5.33. The summed E-state index contributed by atoms with van der Waals surface area (Å²) in [7, 11) is 1.55. The average Bonchev–Trinajstić information content (AvgIpc) is 2.27. The van der Waals surface area contributed by atoms with Crippen molar-refractivity contribution >= 4 is 5.78 Å². The van der Waals surface area contributed by atoms with Gasteiger partial charge in [-0.15, -0.1) is 0 Å². The maximum Gasteiger partial charge on any atom is 0.139 e. The molecule has 1 aromatic carbocycles. The third kappa shape index (κ3) is 1.51. The van der Waals surface area contributed by atoms with Crippen molar-refractivity contribution in [2.24, 2.45) is 5.41 Å². The average molecular weight is 222 g/mol. The van der Waals surface area contributed by atoms with E-state index in [0.717, 1.165) is 0 Å². The Labute approximate surface area is 94.4 Å². The van der Waals surface area contributed by atoms with Crippen molar-refractivity contribution in [2.45, 2.75) is 26.2 Å².